The molecule has 0 heterocycles. The van der Waals surface area contributed by atoms with Crippen LogP contribution < -0.4 is 9.47 Å². The summed E-state index contributed by atoms with van der Waals surface area (Å²) in [6.45, 7) is 17.3. The average Bonchev–Trinajstić information content (AvgIpc) is 1.02. The van der Waals surface area contributed by atoms with Crippen molar-refractivity contribution < 1.29 is 62.6 Å². The predicted molar refractivity (Wildman–Crippen MR) is 330 cm³/mol. The van der Waals surface area contributed by atoms with E-state index in [-0.39, 0.29) is 33.8 Å². The molecule has 0 saturated heterocycles. The summed E-state index contributed by atoms with van der Waals surface area (Å²) < 4.78 is 144. The largest absolute Gasteiger partial charge is 0.451 e. The van der Waals surface area contributed by atoms with Crippen molar-refractivity contribution in [3.63, 3.8) is 0 Å². The van der Waals surface area contributed by atoms with Crippen LogP contribution >= 0.6 is 22.6 Å². The lowest BCUT2D eigenvalue weighted by Crippen LogP contribution is -2.25. The molecule has 9 rings (SSSR count). The molecule has 0 atom stereocenters. The molecule has 9 aromatic carbocycles. The maximum atomic E-state index is 15.9. The number of carbonyl (C=O) groups is 2. The van der Waals surface area contributed by atoms with E-state index < -0.39 is 98.0 Å². The summed E-state index contributed by atoms with van der Waals surface area (Å²) in [4.78, 5) is 28.2. The second-order valence-corrected chi connectivity index (χ2v) is 27.3. The van der Waals surface area contributed by atoms with E-state index in [0.717, 1.165) is 38.0 Å². The summed E-state index contributed by atoms with van der Waals surface area (Å²) in [5.74, 6) is -11.7. The van der Waals surface area contributed by atoms with Crippen molar-refractivity contribution in [2.75, 3.05) is 0 Å². The number of hydrogen-bond acceptors (Lipinski definition) is 8. The highest BCUT2D eigenvalue weighted by atomic mass is 127. The Balaban J connectivity index is 0.976. The zero-order chi connectivity index (χ0) is 62.6. The van der Waals surface area contributed by atoms with E-state index in [1.54, 1.807) is 36.4 Å². The number of rotatable bonds is 18. The molecule has 0 aliphatic carbocycles. The van der Waals surface area contributed by atoms with Crippen molar-refractivity contribution in [1.82, 2.24) is 0 Å². The lowest BCUT2D eigenvalue weighted by molar-refractivity contribution is 0.102. The fraction of sp³-hybridized carbons (Fsp3) is 0.188. The van der Waals surface area contributed by atoms with Gasteiger partial charge in [-0.15, -0.1) is 0 Å². The smallest absolute Gasteiger partial charge is 0.294 e. The van der Waals surface area contributed by atoms with Crippen molar-refractivity contribution >= 4 is 54.4 Å². The summed E-state index contributed by atoms with van der Waals surface area (Å²) >= 11 is 2.20. The molecule has 0 bridgehead atoms. The van der Waals surface area contributed by atoms with E-state index in [1.807, 2.05) is 135 Å². The fourth-order valence-corrected chi connectivity index (χ4v) is 12.0. The van der Waals surface area contributed by atoms with Crippen LogP contribution in [0.4, 0.5) is 17.6 Å². The van der Waals surface area contributed by atoms with E-state index in [2.05, 4.69) is 22.6 Å². The van der Waals surface area contributed by atoms with Gasteiger partial charge < -0.3 is 9.47 Å². The molecule has 0 aliphatic rings. The SMILES string of the molecule is Cc1ccc(C(C)(C)c2ccc(C(C)(C)c3ccc(Oc4c(F)c(F)c(Oc5ccc(C(C)(C)c6ccc(C(C)(C)c7ccc(I)cc7)c(C(=O)c7cccc(S(=O)(=O)O)c7)c6)cc5)c(F)c4F)cc3)c(C(=O)c3cccc(S(=O)(=O)O)c3)c2)cc1. The zero-order valence-electron chi connectivity index (χ0n) is 48.2. The first kappa shape index (κ1) is 62.7. The van der Waals surface area contributed by atoms with Crippen molar-refractivity contribution in [3.05, 3.63) is 281 Å². The first-order chi connectivity index (χ1) is 40.2. The summed E-state index contributed by atoms with van der Waals surface area (Å²) in [6.07, 6.45) is 0. The highest BCUT2D eigenvalue weighted by Gasteiger charge is 2.36. The molecule has 442 valence electrons. The van der Waals surface area contributed by atoms with Crippen molar-refractivity contribution in [2.45, 2.75) is 93.8 Å². The highest BCUT2D eigenvalue weighted by molar-refractivity contribution is 14.1. The summed E-state index contributed by atoms with van der Waals surface area (Å²) in [6, 6.07) is 48.6. The van der Waals surface area contributed by atoms with Gasteiger partial charge in [0.05, 0.1) is 9.79 Å². The van der Waals surface area contributed by atoms with Gasteiger partial charge in [0, 0.05) is 47.5 Å². The third-order valence-electron chi connectivity index (χ3n) is 16.2. The number of halogens is 5. The molecule has 86 heavy (non-hydrogen) atoms. The third-order valence-corrected chi connectivity index (χ3v) is 18.6. The summed E-state index contributed by atoms with van der Waals surface area (Å²) in [5, 5.41) is 0. The molecular weight excluding hydrogens is 1260 g/mol. The predicted octanol–water partition coefficient (Wildman–Crippen LogP) is 17.0. The Morgan fingerprint density at radius 2 is 0.709 bits per heavy atom. The molecule has 17 heteroatoms. The van der Waals surface area contributed by atoms with Crippen LogP contribution in [0.2, 0.25) is 0 Å². The maximum absolute atomic E-state index is 15.9. The molecule has 0 aliphatic heterocycles. The molecule has 2 N–H and O–H groups in total. The van der Waals surface area contributed by atoms with Gasteiger partial charge in [0.25, 0.3) is 20.2 Å². The molecular formula is C69H59F4IO10S2. The number of ether oxygens (including phenoxy) is 2. The van der Waals surface area contributed by atoms with Gasteiger partial charge in [-0.1, -0.05) is 170 Å². The monoisotopic (exact) mass is 1310 g/mol. The molecule has 0 spiro atoms. The molecule has 0 amide bonds. The number of carbonyl (C=O) groups excluding carboxylic acids is 2. The minimum atomic E-state index is -4.66. The lowest BCUT2D eigenvalue weighted by atomic mass is 9.71. The average molecular weight is 1320 g/mol. The normalized spacial score (nSPS) is 12.5. The maximum Gasteiger partial charge on any atom is 0.294 e. The highest BCUT2D eigenvalue weighted by Crippen LogP contribution is 2.44. The standard InChI is InChI=1S/C69H59F4IO10S2/c1-40-16-18-43(19-17-40)66(2,3)47-26-35-57(55(38-47)63(76)42-13-11-15-53(37-42)86(80,81)82)69(8,9)46-24-32-51(33-25-46)84-65-60(72)58(70)64(59(71)61(65)73)83-50-30-22-44(23-31-50)67(4,5)48-27-34-56(68(6,7)45-20-28-49(74)29-21-45)54(39-48)62(75)41-12-10-14-52(36-41)85(77,78)79/h10-39H,1-9H3,(H,77,78,79)(H,80,81,82). The molecule has 10 nitrogen and oxygen atoms in total. The lowest BCUT2D eigenvalue weighted by Gasteiger charge is -2.32. The minimum Gasteiger partial charge on any atom is -0.451 e. The van der Waals surface area contributed by atoms with Gasteiger partial charge in [-0.2, -0.15) is 34.4 Å². The zero-order valence-corrected chi connectivity index (χ0v) is 52.0. The summed E-state index contributed by atoms with van der Waals surface area (Å²) in [5.41, 5.74) is 4.01. The number of hydrogen-bond donors (Lipinski definition) is 2. The molecule has 0 aromatic heterocycles. The van der Waals surface area contributed by atoms with E-state index in [4.69, 9.17) is 9.47 Å². The first-order valence-electron chi connectivity index (χ1n) is 27.0. The van der Waals surface area contributed by atoms with Gasteiger partial charge in [0.15, 0.2) is 11.6 Å². The minimum absolute atomic E-state index is 0.000910. The Bertz CT molecular complexity index is 4340. The summed E-state index contributed by atoms with van der Waals surface area (Å²) in [7, 11) is -9.30. The van der Waals surface area contributed by atoms with E-state index in [1.165, 1.54) is 60.7 Å². The van der Waals surface area contributed by atoms with Crippen LogP contribution in [0, 0.1) is 33.8 Å². The van der Waals surface area contributed by atoms with Crippen LogP contribution in [-0.2, 0) is 41.9 Å². The van der Waals surface area contributed by atoms with Crippen molar-refractivity contribution in [3.8, 4) is 23.0 Å². The molecule has 0 unspecified atom stereocenters. The second kappa shape index (κ2) is 23.5. The molecule has 0 radical (unpaired) electrons. The molecule has 9 aromatic rings. The Labute approximate surface area is 511 Å². The molecule has 0 fully saturated rings. The topological polar surface area (TPSA) is 161 Å². The van der Waals surface area contributed by atoms with Gasteiger partial charge in [-0.25, -0.2) is 0 Å². The Kier molecular flexibility index (Phi) is 17.1. The first-order valence-corrected chi connectivity index (χ1v) is 31.0. The van der Waals surface area contributed by atoms with Crippen molar-refractivity contribution in [2.24, 2.45) is 0 Å². The fourth-order valence-electron chi connectivity index (χ4n) is 10.6. The van der Waals surface area contributed by atoms with Gasteiger partial charge in [0.2, 0.25) is 34.8 Å². The second-order valence-electron chi connectivity index (χ2n) is 23.2. The Morgan fingerprint density at radius 3 is 1.05 bits per heavy atom. The third kappa shape index (κ3) is 12.4. The van der Waals surface area contributed by atoms with Gasteiger partial charge >= 0.3 is 0 Å². The van der Waals surface area contributed by atoms with E-state index >= 15 is 17.6 Å². The van der Waals surface area contributed by atoms with E-state index in [0.29, 0.717) is 27.8 Å². The van der Waals surface area contributed by atoms with Gasteiger partial charge in [-0.05, 0) is 147 Å². The Morgan fingerprint density at radius 1 is 0.407 bits per heavy atom. The van der Waals surface area contributed by atoms with Crippen molar-refractivity contribution in [1.29, 1.82) is 0 Å². The number of ketones is 2. The van der Waals surface area contributed by atoms with Crippen LogP contribution in [0.5, 0.6) is 23.0 Å². The van der Waals surface area contributed by atoms with Crippen LogP contribution in [-0.4, -0.2) is 37.5 Å². The van der Waals surface area contributed by atoms with Crippen LogP contribution in [0.3, 0.4) is 0 Å². The van der Waals surface area contributed by atoms with Crippen LogP contribution in [0.1, 0.15) is 137 Å². The van der Waals surface area contributed by atoms with Crippen LogP contribution in [0.15, 0.2) is 192 Å². The van der Waals surface area contributed by atoms with Crippen LogP contribution in [0.25, 0.3) is 0 Å². The number of benzene rings is 9. The molecule has 0 saturated carbocycles. The quantitative estimate of drug-likeness (QED) is 0.0278. The van der Waals surface area contributed by atoms with Gasteiger partial charge in [0.1, 0.15) is 11.5 Å². The van der Waals surface area contributed by atoms with Gasteiger partial charge in [-0.3, -0.25) is 18.7 Å². The van der Waals surface area contributed by atoms with E-state index in [9.17, 15) is 35.5 Å². The number of aryl methyl sites for hydroxylation is 1. The Hall–Kier alpha value is -7.81.